The lowest BCUT2D eigenvalue weighted by Crippen LogP contribution is -2.37. The first-order chi connectivity index (χ1) is 8.66. The average Bonchev–Trinajstić information content (AvgIpc) is 2.86. The maximum atomic E-state index is 12.1. The number of carbonyl (C=O) groups is 1. The topological polar surface area (TPSA) is 52.3 Å². The fourth-order valence-corrected chi connectivity index (χ4v) is 2.92. The van der Waals surface area contributed by atoms with E-state index in [2.05, 4.69) is 15.9 Å². The molecule has 1 aliphatic rings. The van der Waals surface area contributed by atoms with Gasteiger partial charge in [0, 0.05) is 11.0 Å². The molecule has 0 bridgehead atoms. The van der Waals surface area contributed by atoms with Gasteiger partial charge in [-0.05, 0) is 30.5 Å². The van der Waals surface area contributed by atoms with Gasteiger partial charge in [-0.25, -0.2) is 0 Å². The molecular weight excluding hydrogens is 294 g/mol. The Morgan fingerprint density at radius 3 is 2.72 bits per heavy atom. The van der Waals surface area contributed by atoms with Gasteiger partial charge in [0.2, 0.25) is 0 Å². The first-order valence-electron chi connectivity index (χ1n) is 6.28. The van der Waals surface area contributed by atoms with Crippen LogP contribution in [0.25, 0.3) is 0 Å². The molecule has 0 amide bonds. The van der Waals surface area contributed by atoms with Crippen LogP contribution in [0.2, 0.25) is 0 Å². The summed E-state index contributed by atoms with van der Waals surface area (Å²) >= 11 is 3.40. The van der Waals surface area contributed by atoms with Crippen LogP contribution in [0, 0.1) is 5.41 Å². The molecule has 98 valence electrons. The lowest BCUT2D eigenvalue weighted by atomic mass is 9.86. The van der Waals surface area contributed by atoms with Crippen molar-refractivity contribution in [2.45, 2.75) is 32.3 Å². The van der Waals surface area contributed by atoms with E-state index in [1.54, 1.807) is 0 Å². The quantitative estimate of drug-likeness (QED) is 0.870. The highest BCUT2D eigenvalue weighted by Crippen LogP contribution is 2.38. The molecule has 1 fully saturated rings. The molecule has 2 rings (SSSR count). The van der Waals surface area contributed by atoms with E-state index in [0.29, 0.717) is 13.2 Å². The van der Waals surface area contributed by atoms with E-state index in [-0.39, 0.29) is 5.97 Å². The molecule has 1 saturated carbocycles. The fraction of sp³-hybridized carbons (Fsp3) is 0.500. The van der Waals surface area contributed by atoms with E-state index >= 15 is 0 Å². The molecule has 2 N–H and O–H groups in total. The number of nitrogens with two attached hydrogens (primary N) is 1. The zero-order valence-corrected chi connectivity index (χ0v) is 11.9. The van der Waals surface area contributed by atoms with Crippen LogP contribution in [-0.2, 0) is 16.1 Å². The van der Waals surface area contributed by atoms with Crippen LogP contribution in [0.15, 0.2) is 28.7 Å². The third-order valence-electron chi connectivity index (χ3n) is 3.64. The highest BCUT2D eigenvalue weighted by atomic mass is 79.9. The highest BCUT2D eigenvalue weighted by Gasteiger charge is 2.41. The Kier molecular flexibility index (Phi) is 4.40. The molecular formula is C14H18BrNO2. The minimum absolute atomic E-state index is 0.137. The van der Waals surface area contributed by atoms with E-state index < -0.39 is 5.41 Å². The molecule has 0 radical (unpaired) electrons. The van der Waals surface area contributed by atoms with Gasteiger partial charge in [0.15, 0.2) is 0 Å². The van der Waals surface area contributed by atoms with Crippen molar-refractivity contribution in [2.75, 3.05) is 6.54 Å². The van der Waals surface area contributed by atoms with E-state index in [0.717, 1.165) is 35.7 Å². The molecule has 0 aromatic heterocycles. The highest BCUT2D eigenvalue weighted by molar-refractivity contribution is 9.10. The number of benzene rings is 1. The summed E-state index contributed by atoms with van der Waals surface area (Å²) in [5.74, 6) is -0.137. The minimum Gasteiger partial charge on any atom is -0.460 e. The van der Waals surface area contributed by atoms with Crippen LogP contribution in [0.5, 0.6) is 0 Å². The van der Waals surface area contributed by atoms with E-state index in [1.807, 2.05) is 24.3 Å². The number of hydrogen-bond donors (Lipinski definition) is 1. The Labute approximate surface area is 116 Å². The Bertz CT molecular complexity index is 428. The monoisotopic (exact) mass is 311 g/mol. The van der Waals surface area contributed by atoms with Crippen molar-refractivity contribution in [1.82, 2.24) is 0 Å². The third-order valence-corrected chi connectivity index (χ3v) is 4.14. The number of ether oxygens (including phenoxy) is 1. The van der Waals surface area contributed by atoms with Crippen LogP contribution < -0.4 is 5.73 Å². The second-order valence-electron chi connectivity index (χ2n) is 4.90. The normalized spacial score (nSPS) is 17.7. The van der Waals surface area contributed by atoms with Gasteiger partial charge in [-0.15, -0.1) is 0 Å². The summed E-state index contributed by atoms with van der Waals surface area (Å²) in [6.45, 7) is 0.713. The maximum absolute atomic E-state index is 12.1. The number of rotatable bonds is 4. The number of hydrogen-bond acceptors (Lipinski definition) is 3. The Hall–Kier alpha value is -0.870. The fourth-order valence-electron chi connectivity index (χ4n) is 2.47. The summed E-state index contributed by atoms with van der Waals surface area (Å²) in [4.78, 5) is 12.1. The summed E-state index contributed by atoms with van der Waals surface area (Å²) < 4.78 is 6.41. The third kappa shape index (κ3) is 2.93. The molecule has 18 heavy (non-hydrogen) atoms. The van der Waals surface area contributed by atoms with Crippen molar-refractivity contribution in [3.8, 4) is 0 Å². The summed E-state index contributed by atoms with van der Waals surface area (Å²) in [5.41, 5.74) is 6.32. The van der Waals surface area contributed by atoms with Crippen molar-refractivity contribution < 1.29 is 9.53 Å². The van der Waals surface area contributed by atoms with Gasteiger partial charge < -0.3 is 10.5 Å². The van der Waals surface area contributed by atoms with E-state index in [9.17, 15) is 4.79 Å². The Balaban J connectivity index is 1.95. The Morgan fingerprint density at radius 2 is 2.11 bits per heavy atom. The molecule has 1 aromatic carbocycles. The Morgan fingerprint density at radius 1 is 1.39 bits per heavy atom. The van der Waals surface area contributed by atoms with Gasteiger partial charge in [0.1, 0.15) is 6.61 Å². The van der Waals surface area contributed by atoms with Crippen LogP contribution >= 0.6 is 15.9 Å². The SMILES string of the molecule is NCC1(C(=O)OCc2cccc(Br)c2)CCCC1. The lowest BCUT2D eigenvalue weighted by Gasteiger charge is -2.24. The van der Waals surface area contributed by atoms with Gasteiger partial charge in [0.25, 0.3) is 0 Å². The number of carbonyl (C=O) groups excluding carboxylic acids is 1. The first-order valence-corrected chi connectivity index (χ1v) is 7.07. The molecule has 0 unspecified atom stereocenters. The van der Waals surface area contributed by atoms with Crippen molar-refractivity contribution >= 4 is 21.9 Å². The van der Waals surface area contributed by atoms with Gasteiger partial charge in [0.05, 0.1) is 5.41 Å². The largest absolute Gasteiger partial charge is 0.460 e. The van der Waals surface area contributed by atoms with Gasteiger partial charge in [-0.2, -0.15) is 0 Å². The lowest BCUT2D eigenvalue weighted by molar-refractivity contribution is -0.156. The maximum Gasteiger partial charge on any atom is 0.313 e. The van der Waals surface area contributed by atoms with Gasteiger partial charge in [-0.1, -0.05) is 40.9 Å². The average molecular weight is 312 g/mol. The molecule has 1 aliphatic carbocycles. The van der Waals surface area contributed by atoms with Crippen LogP contribution in [0.3, 0.4) is 0 Å². The van der Waals surface area contributed by atoms with Crippen molar-refractivity contribution in [1.29, 1.82) is 0 Å². The van der Waals surface area contributed by atoms with E-state index in [1.165, 1.54) is 0 Å². The zero-order chi connectivity index (χ0) is 13.0. The first kappa shape index (κ1) is 13.6. The molecule has 0 saturated heterocycles. The van der Waals surface area contributed by atoms with Crippen molar-refractivity contribution in [3.63, 3.8) is 0 Å². The van der Waals surface area contributed by atoms with Crippen LogP contribution in [0.4, 0.5) is 0 Å². The summed E-state index contributed by atoms with van der Waals surface area (Å²) in [7, 11) is 0. The summed E-state index contributed by atoms with van der Waals surface area (Å²) in [5, 5.41) is 0. The van der Waals surface area contributed by atoms with Gasteiger partial charge >= 0.3 is 5.97 Å². The number of halogens is 1. The molecule has 1 aromatic rings. The van der Waals surface area contributed by atoms with E-state index in [4.69, 9.17) is 10.5 Å². The summed E-state index contributed by atoms with van der Waals surface area (Å²) in [6, 6.07) is 7.78. The zero-order valence-electron chi connectivity index (χ0n) is 10.3. The van der Waals surface area contributed by atoms with Crippen molar-refractivity contribution in [2.24, 2.45) is 11.1 Å². The second-order valence-corrected chi connectivity index (χ2v) is 5.81. The minimum atomic E-state index is -0.425. The van der Waals surface area contributed by atoms with Crippen molar-refractivity contribution in [3.05, 3.63) is 34.3 Å². The standard InChI is InChI=1S/C14H18BrNO2/c15-12-5-3-4-11(8-12)9-18-13(17)14(10-16)6-1-2-7-14/h3-5,8H,1-2,6-7,9-10,16H2. The molecule has 0 aliphatic heterocycles. The molecule has 4 heteroatoms. The summed E-state index contributed by atoms with van der Waals surface area (Å²) in [6.07, 6.45) is 3.87. The second kappa shape index (κ2) is 5.85. The smallest absolute Gasteiger partial charge is 0.313 e. The number of esters is 1. The molecule has 0 spiro atoms. The predicted octanol–water partition coefficient (Wildman–Crippen LogP) is 3.01. The van der Waals surface area contributed by atoms with Crippen LogP contribution in [0.1, 0.15) is 31.2 Å². The van der Waals surface area contributed by atoms with Gasteiger partial charge in [-0.3, -0.25) is 4.79 Å². The molecule has 0 atom stereocenters. The predicted molar refractivity (Wildman–Crippen MR) is 73.9 cm³/mol. The molecule has 0 heterocycles. The van der Waals surface area contributed by atoms with Crippen LogP contribution in [-0.4, -0.2) is 12.5 Å². The molecule has 3 nitrogen and oxygen atoms in total.